The van der Waals surface area contributed by atoms with Gasteiger partial charge in [0, 0.05) is 23.3 Å². The average molecular weight is 347 g/mol. The predicted octanol–water partition coefficient (Wildman–Crippen LogP) is 5.09. The number of halogens is 1. The summed E-state index contributed by atoms with van der Waals surface area (Å²) in [6.45, 7) is 4.94. The van der Waals surface area contributed by atoms with Gasteiger partial charge in [-0.2, -0.15) is 0 Å². The molecule has 0 unspecified atom stereocenters. The zero-order valence-electron chi connectivity index (χ0n) is 14.8. The molecule has 0 fully saturated rings. The van der Waals surface area contributed by atoms with Crippen molar-refractivity contribution in [2.75, 3.05) is 0 Å². The number of oxazole rings is 1. The van der Waals surface area contributed by atoms with Crippen molar-refractivity contribution in [1.82, 2.24) is 4.98 Å². The van der Waals surface area contributed by atoms with Gasteiger partial charge in [0.05, 0.1) is 0 Å². The first-order chi connectivity index (χ1) is 12.6. The number of pyridine rings is 1. The normalized spacial score (nSPS) is 11.4. The lowest BCUT2D eigenvalue weighted by Crippen LogP contribution is -2.33. The molecule has 0 spiro atoms. The summed E-state index contributed by atoms with van der Waals surface area (Å²) >= 11 is 0. The highest BCUT2D eigenvalue weighted by molar-refractivity contribution is 5.76. The number of hydrogen-bond acceptors (Lipinski definition) is 2. The Hall–Kier alpha value is -3.01. The number of fused-ring (bicyclic) bond motifs is 1. The van der Waals surface area contributed by atoms with Gasteiger partial charge >= 0.3 is 0 Å². The van der Waals surface area contributed by atoms with Crippen LogP contribution in [0.4, 0.5) is 4.39 Å². The summed E-state index contributed by atoms with van der Waals surface area (Å²) in [5.74, 6) is 0.851. The Bertz CT molecular complexity index is 1050. The minimum absolute atomic E-state index is 0.216. The molecule has 0 bridgehead atoms. The fourth-order valence-electron chi connectivity index (χ4n) is 2.98. The molecular weight excluding hydrogens is 327 g/mol. The Morgan fingerprint density at radius 3 is 2.58 bits per heavy atom. The summed E-state index contributed by atoms with van der Waals surface area (Å²) in [6, 6.07) is 16.7. The van der Waals surface area contributed by atoms with E-state index >= 15 is 0 Å². The van der Waals surface area contributed by atoms with E-state index in [0.29, 0.717) is 18.4 Å². The molecule has 2 heterocycles. The van der Waals surface area contributed by atoms with Crippen LogP contribution in [0.2, 0.25) is 0 Å². The second kappa shape index (κ2) is 6.71. The van der Waals surface area contributed by atoms with Crippen LogP contribution in [0.5, 0.6) is 0 Å². The fraction of sp³-hybridized carbons (Fsp3) is 0.182. The Morgan fingerprint density at radius 1 is 1.04 bits per heavy atom. The first-order valence-corrected chi connectivity index (χ1v) is 8.73. The second-order valence-electron chi connectivity index (χ2n) is 6.79. The third-order valence-electron chi connectivity index (χ3n) is 4.47. The molecule has 0 aliphatic carbocycles. The summed E-state index contributed by atoms with van der Waals surface area (Å²) in [6.07, 6.45) is 3.91. The lowest BCUT2D eigenvalue weighted by atomic mass is 10.0. The maximum Gasteiger partial charge on any atom is 0.227 e. The topological polar surface area (TPSA) is 29.9 Å². The van der Waals surface area contributed by atoms with Crippen LogP contribution in [0.15, 0.2) is 71.4 Å². The predicted molar refractivity (Wildman–Crippen MR) is 99.2 cm³/mol. The van der Waals surface area contributed by atoms with Gasteiger partial charge in [0.25, 0.3) is 0 Å². The van der Waals surface area contributed by atoms with Gasteiger partial charge < -0.3 is 4.42 Å². The standard InChI is InChI=1S/C22H20FN2O/c1-15(2)18-6-7-21-20(13-18)24-22(26-21)17-8-10-25(11-9-17)14-16-4-3-5-19(23)12-16/h3-13,15H,14H2,1-2H3/q+1. The summed E-state index contributed by atoms with van der Waals surface area (Å²) in [4.78, 5) is 4.63. The molecule has 0 atom stereocenters. The van der Waals surface area contributed by atoms with E-state index in [1.807, 2.05) is 41.2 Å². The van der Waals surface area contributed by atoms with Crippen molar-refractivity contribution in [1.29, 1.82) is 0 Å². The van der Waals surface area contributed by atoms with Crippen LogP contribution in [0.3, 0.4) is 0 Å². The molecule has 130 valence electrons. The lowest BCUT2D eigenvalue weighted by Gasteiger charge is -2.02. The van der Waals surface area contributed by atoms with Crippen LogP contribution in [-0.2, 0) is 6.54 Å². The van der Waals surface area contributed by atoms with Crippen molar-refractivity contribution in [3.05, 3.63) is 83.9 Å². The van der Waals surface area contributed by atoms with E-state index in [4.69, 9.17) is 4.42 Å². The van der Waals surface area contributed by atoms with Crippen molar-refractivity contribution < 1.29 is 13.4 Å². The summed E-state index contributed by atoms with van der Waals surface area (Å²) < 4.78 is 21.2. The maximum atomic E-state index is 13.3. The zero-order valence-corrected chi connectivity index (χ0v) is 14.8. The van der Waals surface area contributed by atoms with Crippen molar-refractivity contribution in [2.45, 2.75) is 26.3 Å². The molecule has 0 aliphatic heterocycles. The molecule has 0 radical (unpaired) electrons. The van der Waals surface area contributed by atoms with Gasteiger partial charge in [0.1, 0.15) is 11.3 Å². The molecule has 0 aliphatic rings. The maximum absolute atomic E-state index is 13.3. The number of rotatable bonds is 4. The molecule has 0 saturated heterocycles. The minimum atomic E-state index is -0.216. The van der Waals surface area contributed by atoms with Crippen molar-refractivity contribution in [3.8, 4) is 11.5 Å². The van der Waals surface area contributed by atoms with Gasteiger partial charge in [-0.15, -0.1) is 0 Å². The van der Waals surface area contributed by atoms with Crippen LogP contribution in [0.1, 0.15) is 30.9 Å². The number of aromatic nitrogens is 2. The largest absolute Gasteiger partial charge is 0.436 e. The summed E-state index contributed by atoms with van der Waals surface area (Å²) in [7, 11) is 0. The van der Waals surface area contributed by atoms with Gasteiger partial charge in [-0.25, -0.2) is 13.9 Å². The van der Waals surface area contributed by atoms with E-state index in [1.54, 1.807) is 12.1 Å². The molecule has 26 heavy (non-hydrogen) atoms. The minimum Gasteiger partial charge on any atom is -0.436 e. The Balaban J connectivity index is 1.59. The average Bonchev–Trinajstić information content (AvgIpc) is 3.05. The van der Waals surface area contributed by atoms with E-state index < -0.39 is 0 Å². The number of nitrogens with zero attached hydrogens (tertiary/aromatic N) is 2. The quantitative estimate of drug-likeness (QED) is 0.481. The van der Waals surface area contributed by atoms with Crippen LogP contribution >= 0.6 is 0 Å². The van der Waals surface area contributed by atoms with Crippen molar-refractivity contribution in [3.63, 3.8) is 0 Å². The number of benzene rings is 2. The third kappa shape index (κ3) is 3.36. The zero-order chi connectivity index (χ0) is 18.1. The van der Waals surface area contributed by atoms with E-state index in [1.165, 1.54) is 11.6 Å². The van der Waals surface area contributed by atoms with E-state index in [9.17, 15) is 4.39 Å². The molecule has 4 heteroatoms. The molecule has 2 aromatic carbocycles. The molecule has 2 aromatic heterocycles. The van der Waals surface area contributed by atoms with E-state index in [2.05, 4.69) is 31.0 Å². The Morgan fingerprint density at radius 2 is 1.85 bits per heavy atom. The first kappa shape index (κ1) is 16.5. The van der Waals surface area contributed by atoms with E-state index in [0.717, 1.165) is 22.2 Å². The monoisotopic (exact) mass is 347 g/mol. The lowest BCUT2D eigenvalue weighted by molar-refractivity contribution is -0.688. The number of hydrogen-bond donors (Lipinski definition) is 0. The fourth-order valence-corrected chi connectivity index (χ4v) is 2.98. The SMILES string of the molecule is CC(C)c1ccc2oc(-c3cc[n+](Cc4cccc(F)c4)cc3)nc2c1. The third-order valence-corrected chi connectivity index (χ3v) is 4.47. The van der Waals surface area contributed by atoms with Gasteiger partial charge in [-0.3, -0.25) is 0 Å². The highest BCUT2D eigenvalue weighted by Gasteiger charge is 2.12. The highest BCUT2D eigenvalue weighted by Crippen LogP contribution is 2.26. The summed E-state index contributed by atoms with van der Waals surface area (Å²) in [5, 5.41) is 0. The molecule has 3 nitrogen and oxygen atoms in total. The van der Waals surface area contributed by atoms with Gasteiger partial charge in [0.2, 0.25) is 5.89 Å². The smallest absolute Gasteiger partial charge is 0.227 e. The molecule has 4 aromatic rings. The van der Waals surface area contributed by atoms with Crippen molar-refractivity contribution >= 4 is 11.1 Å². The van der Waals surface area contributed by atoms with Crippen molar-refractivity contribution in [2.24, 2.45) is 0 Å². The van der Waals surface area contributed by atoms with Gasteiger partial charge in [-0.05, 0) is 35.7 Å². The molecule has 0 saturated carbocycles. The molecular formula is C22H20FN2O+. The summed E-state index contributed by atoms with van der Waals surface area (Å²) in [5.41, 5.74) is 4.76. The van der Waals surface area contributed by atoms with Crippen LogP contribution in [0.25, 0.3) is 22.6 Å². The Labute approximate surface area is 151 Å². The molecule has 0 N–H and O–H groups in total. The van der Waals surface area contributed by atoms with Crippen LogP contribution in [-0.4, -0.2) is 4.98 Å². The van der Waals surface area contributed by atoms with Gasteiger partial charge in [0.15, 0.2) is 24.5 Å². The van der Waals surface area contributed by atoms with Gasteiger partial charge in [-0.1, -0.05) is 32.0 Å². The van der Waals surface area contributed by atoms with Crippen LogP contribution < -0.4 is 4.57 Å². The molecule has 4 rings (SSSR count). The second-order valence-corrected chi connectivity index (χ2v) is 6.79. The van der Waals surface area contributed by atoms with E-state index in [-0.39, 0.29) is 5.82 Å². The molecule has 0 amide bonds. The van der Waals surface area contributed by atoms with Crippen LogP contribution in [0, 0.1) is 5.82 Å². The Kier molecular flexibility index (Phi) is 4.25. The highest BCUT2D eigenvalue weighted by atomic mass is 19.1. The first-order valence-electron chi connectivity index (χ1n) is 8.73.